The Morgan fingerprint density at radius 1 is 1.53 bits per heavy atom. The van der Waals surface area contributed by atoms with Crippen molar-refractivity contribution < 1.29 is 4.79 Å². The van der Waals surface area contributed by atoms with Crippen molar-refractivity contribution in [2.45, 2.75) is 20.3 Å². The van der Waals surface area contributed by atoms with Crippen LogP contribution in [0.3, 0.4) is 0 Å². The largest absolute Gasteiger partial charge is 0.355 e. The summed E-state index contributed by atoms with van der Waals surface area (Å²) in [5.74, 6) is 0.124. The molecule has 94 valence electrons. The summed E-state index contributed by atoms with van der Waals surface area (Å²) in [7, 11) is 0. The molecule has 0 fully saturated rings. The van der Waals surface area contributed by atoms with Crippen molar-refractivity contribution in [1.82, 2.24) is 15.6 Å². The number of aromatic nitrogens is 1. The molecule has 1 atom stereocenters. The maximum atomic E-state index is 11.7. The van der Waals surface area contributed by atoms with E-state index in [1.165, 1.54) is 0 Å². The van der Waals surface area contributed by atoms with Crippen LogP contribution in [0.2, 0.25) is 0 Å². The van der Waals surface area contributed by atoms with Gasteiger partial charge in [0.05, 0.1) is 0 Å². The van der Waals surface area contributed by atoms with Gasteiger partial charge in [-0.3, -0.25) is 9.78 Å². The van der Waals surface area contributed by atoms with Crippen molar-refractivity contribution in [3.8, 4) is 0 Å². The minimum atomic E-state index is 0.0175. The lowest BCUT2D eigenvalue weighted by atomic mass is 10.1. The SMILES string of the molecule is CCNCC(C)C(=O)NCCc1cccnc1. The Labute approximate surface area is 103 Å². The van der Waals surface area contributed by atoms with Gasteiger partial charge in [0.2, 0.25) is 5.91 Å². The quantitative estimate of drug-likeness (QED) is 0.741. The summed E-state index contributed by atoms with van der Waals surface area (Å²) in [4.78, 5) is 15.7. The number of nitrogens with zero attached hydrogens (tertiary/aromatic N) is 1. The highest BCUT2D eigenvalue weighted by molar-refractivity contribution is 5.78. The molecule has 0 radical (unpaired) electrons. The zero-order valence-corrected chi connectivity index (χ0v) is 10.6. The first-order valence-corrected chi connectivity index (χ1v) is 6.11. The van der Waals surface area contributed by atoms with E-state index in [2.05, 4.69) is 15.6 Å². The lowest BCUT2D eigenvalue weighted by molar-refractivity contribution is -0.124. The summed E-state index contributed by atoms with van der Waals surface area (Å²) >= 11 is 0. The summed E-state index contributed by atoms with van der Waals surface area (Å²) in [6.07, 6.45) is 4.41. The Balaban J connectivity index is 2.20. The fourth-order valence-corrected chi connectivity index (χ4v) is 1.50. The highest BCUT2D eigenvalue weighted by Gasteiger charge is 2.10. The number of amides is 1. The van der Waals surface area contributed by atoms with E-state index in [0.29, 0.717) is 6.54 Å². The molecule has 4 nitrogen and oxygen atoms in total. The summed E-state index contributed by atoms with van der Waals surface area (Å²) in [6.45, 7) is 6.26. The molecular weight excluding hydrogens is 214 g/mol. The van der Waals surface area contributed by atoms with Gasteiger partial charge in [-0.15, -0.1) is 0 Å². The van der Waals surface area contributed by atoms with Crippen molar-refractivity contribution in [3.05, 3.63) is 30.1 Å². The average Bonchev–Trinajstić information content (AvgIpc) is 2.37. The molecule has 1 amide bonds. The van der Waals surface area contributed by atoms with Crippen molar-refractivity contribution in [3.63, 3.8) is 0 Å². The summed E-state index contributed by atoms with van der Waals surface area (Å²) in [6, 6.07) is 3.92. The predicted octanol–water partition coefficient (Wildman–Crippen LogP) is 0.986. The first-order chi connectivity index (χ1) is 8.24. The van der Waals surface area contributed by atoms with Gasteiger partial charge in [-0.2, -0.15) is 0 Å². The normalized spacial score (nSPS) is 12.1. The van der Waals surface area contributed by atoms with Gasteiger partial charge in [0.25, 0.3) is 0 Å². The Hall–Kier alpha value is -1.42. The molecule has 17 heavy (non-hydrogen) atoms. The van der Waals surface area contributed by atoms with Gasteiger partial charge in [-0.1, -0.05) is 19.9 Å². The molecule has 0 aliphatic heterocycles. The van der Waals surface area contributed by atoms with E-state index < -0.39 is 0 Å². The standard InChI is InChI=1S/C13H21N3O/c1-3-14-9-11(2)13(17)16-8-6-12-5-4-7-15-10-12/h4-5,7,10-11,14H,3,6,8-9H2,1-2H3,(H,16,17). The Kier molecular flexibility index (Phi) is 6.25. The van der Waals surface area contributed by atoms with Crippen molar-refractivity contribution in [2.75, 3.05) is 19.6 Å². The molecular formula is C13H21N3O. The topological polar surface area (TPSA) is 54.0 Å². The molecule has 1 aromatic heterocycles. The van der Waals surface area contributed by atoms with E-state index in [1.54, 1.807) is 6.20 Å². The van der Waals surface area contributed by atoms with Crippen molar-refractivity contribution in [1.29, 1.82) is 0 Å². The number of carbonyl (C=O) groups excluding carboxylic acids is 1. The Morgan fingerprint density at radius 2 is 2.35 bits per heavy atom. The summed E-state index contributed by atoms with van der Waals surface area (Å²) < 4.78 is 0. The van der Waals surface area contributed by atoms with E-state index in [9.17, 15) is 4.79 Å². The minimum absolute atomic E-state index is 0.0175. The monoisotopic (exact) mass is 235 g/mol. The molecule has 1 rings (SSSR count). The maximum Gasteiger partial charge on any atom is 0.224 e. The molecule has 0 aliphatic carbocycles. The molecule has 4 heteroatoms. The molecule has 0 aromatic carbocycles. The number of nitrogens with one attached hydrogen (secondary N) is 2. The average molecular weight is 235 g/mol. The number of hydrogen-bond donors (Lipinski definition) is 2. The van der Waals surface area contributed by atoms with Crippen LogP contribution in [0.4, 0.5) is 0 Å². The van der Waals surface area contributed by atoms with Gasteiger partial charge in [0.15, 0.2) is 0 Å². The predicted molar refractivity (Wildman–Crippen MR) is 68.7 cm³/mol. The second-order valence-corrected chi connectivity index (χ2v) is 4.11. The van der Waals surface area contributed by atoms with Crippen LogP contribution >= 0.6 is 0 Å². The molecule has 1 heterocycles. The van der Waals surface area contributed by atoms with E-state index in [4.69, 9.17) is 0 Å². The number of hydrogen-bond acceptors (Lipinski definition) is 3. The zero-order chi connectivity index (χ0) is 12.5. The van der Waals surface area contributed by atoms with Gasteiger partial charge < -0.3 is 10.6 Å². The molecule has 1 unspecified atom stereocenters. The second kappa shape index (κ2) is 7.79. The van der Waals surface area contributed by atoms with Gasteiger partial charge >= 0.3 is 0 Å². The fraction of sp³-hybridized carbons (Fsp3) is 0.538. The maximum absolute atomic E-state index is 11.7. The molecule has 1 aromatic rings. The third-order valence-electron chi connectivity index (χ3n) is 2.58. The lowest BCUT2D eigenvalue weighted by Crippen LogP contribution is -2.36. The third-order valence-corrected chi connectivity index (χ3v) is 2.58. The van der Waals surface area contributed by atoms with Gasteiger partial charge in [0, 0.05) is 31.4 Å². The van der Waals surface area contributed by atoms with Crippen LogP contribution < -0.4 is 10.6 Å². The smallest absolute Gasteiger partial charge is 0.224 e. The highest BCUT2D eigenvalue weighted by Crippen LogP contribution is 1.97. The van der Waals surface area contributed by atoms with E-state index in [0.717, 1.165) is 25.1 Å². The number of pyridine rings is 1. The summed E-state index contributed by atoms with van der Waals surface area (Å²) in [5.41, 5.74) is 1.15. The van der Waals surface area contributed by atoms with Gasteiger partial charge in [0.1, 0.15) is 0 Å². The third kappa shape index (κ3) is 5.45. The van der Waals surface area contributed by atoms with Crippen LogP contribution in [0.25, 0.3) is 0 Å². The molecule has 2 N–H and O–H groups in total. The number of carbonyl (C=O) groups is 1. The first kappa shape index (κ1) is 13.6. The first-order valence-electron chi connectivity index (χ1n) is 6.11. The molecule has 0 spiro atoms. The molecule has 0 bridgehead atoms. The van der Waals surface area contributed by atoms with Crippen LogP contribution in [0.15, 0.2) is 24.5 Å². The molecule has 0 saturated carbocycles. The van der Waals surface area contributed by atoms with Crippen molar-refractivity contribution >= 4 is 5.91 Å². The van der Waals surface area contributed by atoms with Crippen LogP contribution in [0, 0.1) is 5.92 Å². The van der Waals surface area contributed by atoms with Gasteiger partial charge in [-0.25, -0.2) is 0 Å². The van der Waals surface area contributed by atoms with Crippen LogP contribution in [-0.2, 0) is 11.2 Å². The molecule has 0 aliphatic rings. The van der Waals surface area contributed by atoms with E-state index in [-0.39, 0.29) is 11.8 Å². The van der Waals surface area contributed by atoms with E-state index >= 15 is 0 Å². The van der Waals surface area contributed by atoms with Crippen LogP contribution in [0.5, 0.6) is 0 Å². The highest BCUT2D eigenvalue weighted by atomic mass is 16.1. The number of rotatable bonds is 7. The Bertz CT molecular complexity index is 327. The van der Waals surface area contributed by atoms with Crippen LogP contribution in [-0.4, -0.2) is 30.5 Å². The van der Waals surface area contributed by atoms with E-state index in [1.807, 2.05) is 32.2 Å². The van der Waals surface area contributed by atoms with Crippen molar-refractivity contribution in [2.24, 2.45) is 5.92 Å². The fourth-order valence-electron chi connectivity index (χ4n) is 1.50. The second-order valence-electron chi connectivity index (χ2n) is 4.11. The van der Waals surface area contributed by atoms with Crippen LogP contribution in [0.1, 0.15) is 19.4 Å². The minimum Gasteiger partial charge on any atom is -0.355 e. The van der Waals surface area contributed by atoms with Gasteiger partial charge in [-0.05, 0) is 24.6 Å². The lowest BCUT2D eigenvalue weighted by Gasteiger charge is -2.12. The zero-order valence-electron chi connectivity index (χ0n) is 10.6. The Morgan fingerprint density at radius 3 is 3.00 bits per heavy atom. The summed E-state index contributed by atoms with van der Waals surface area (Å²) in [5, 5.41) is 6.10. The molecule has 0 saturated heterocycles.